The highest BCUT2D eigenvalue weighted by Crippen LogP contribution is 2.29. The molecular weight excluding hydrogens is 392 g/mol. The summed E-state index contributed by atoms with van der Waals surface area (Å²) in [5.74, 6) is -0.431. The summed E-state index contributed by atoms with van der Waals surface area (Å²) in [6.45, 7) is 5.72. The summed E-state index contributed by atoms with van der Waals surface area (Å²) in [7, 11) is -4.00. The molecule has 1 aliphatic rings. The number of benzene rings is 1. The SMILES string of the molecule is C[C@@H]1[C@@H](C)CCC[C@H]1NC(=O)[C@@H](C)OC(=O)c1cc(S(N)(=O)=O)ccc1Cl. The number of sulfonamides is 1. The molecule has 2 rings (SSSR count). The van der Waals surface area contributed by atoms with E-state index in [9.17, 15) is 18.0 Å². The average molecular weight is 417 g/mol. The molecule has 0 heterocycles. The molecule has 1 aliphatic carbocycles. The first-order chi connectivity index (χ1) is 12.5. The summed E-state index contributed by atoms with van der Waals surface area (Å²) in [5, 5.41) is 8.02. The van der Waals surface area contributed by atoms with Crippen molar-refractivity contribution in [1.29, 1.82) is 0 Å². The largest absolute Gasteiger partial charge is 0.449 e. The van der Waals surface area contributed by atoms with Crippen LogP contribution in [0, 0.1) is 11.8 Å². The number of rotatable bonds is 5. The molecule has 0 radical (unpaired) electrons. The Balaban J connectivity index is 2.06. The van der Waals surface area contributed by atoms with Crippen LogP contribution in [-0.4, -0.2) is 32.4 Å². The summed E-state index contributed by atoms with van der Waals surface area (Å²) in [6, 6.07) is 3.51. The molecule has 1 aromatic rings. The van der Waals surface area contributed by atoms with Crippen molar-refractivity contribution in [2.75, 3.05) is 0 Å². The maximum absolute atomic E-state index is 12.4. The molecule has 0 bridgehead atoms. The normalized spacial score (nSPS) is 24.1. The Hall–Kier alpha value is -1.64. The van der Waals surface area contributed by atoms with Gasteiger partial charge in [-0.05, 0) is 43.4 Å². The summed E-state index contributed by atoms with van der Waals surface area (Å²) in [4.78, 5) is 24.5. The molecular formula is C18H25ClN2O5S. The van der Waals surface area contributed by atoms with E-state index in [1.165, 1.54) is 19.1 Å². The number of primary sulfonamides is 1. The van der Waals surface area contributed by atoms with Crippen LogP contribution in [0.2, 0.25) is 5.02 Å². The monoisotopic (exact) mass is 416 g/mol. The third-order valence-corrected chi connectivity index (χ3v) is 6.41. The van der Waals surface area contributed by atoms with Gasteiger partial charge in [0.05, 0.1) is 15.5 Å². The minimum absolute atomic E-state index is 0.00901. The lowest BCUT2D eigenvalue weighted by Crippen LogP contribution is -2.47. The van der Waals surface area contributed by atoms with Crippen LogP contribution in [0.15, 0.2) is 23.1 Å². The van der Waals surface area contributed by atoms with E-state index in [-0.39, 0.29) is 21.5 Å². The summed E-state index contributed by atoms with van der Waals surface area (Å²) in [6.07, 6.45) is 2.02. The molecule has 0 aromatic heterocycles. The zero-order chi connectivity index (χ0) is 20.4. The van der Waals surface area contributed by atoms with Gasteiger partial charge >= 0.3 is 5.97 Å². The van der Waals surface area contributed by atoms with Crippen LogP contribution < -0.4 is 10.5 Å². The van der Waals surface area contributed by atoms with Gasteiger partial charge in [0.2, 0.25) is 10.0 Å². The van der Waals surface area contributed by atoms with E-state index in [4.69, 9.17) is 21.5 Å². The van der Waals surface area contributed by atoms with Gasteiger partial charge in [0.1, 0.15) is 0 Å². The maximum atomic E-state index is 12.4. The van der Waals surface area contributed by atoms with Crippen molar-refractivity contribution >= 4 is 33.5 Å². The van der Waals surface area contributed by atoms with Crippen LogP contribution in [0.25, 0.3) is 0 Å². The number of carbonyl (C=O) groups excluding carboxylic acids is 2. The Labute approximate surface area is 164 Å². The lowest BCUT2D eigenvalue weighted by Gasteiger charge is -2.35. The molecule has 9 heteroatoms. The third kappa shape index (κ3) is 5.43. The lowest BCUT2D eigenvalue weighted by atomic mass is 9.78. The highest BCUT2D eigenvalue weighted by molar-refractivity contribution is 7.89. The van der Waals surface area contributed by atoms with Gasteiger partial charge in [-0.25, -0.2) is 18.4 Å². The molecule has 3 N–H and O–H groups in total. The molecule has 1 amide bonds. The second-order valence-electron chi connectivity index (χ2n) is 7.12. The van der Waals surface area contributed by atoms with Crippen LogP contribution in [0.5, 0.6) is 0 Å². The van der Waals surface area contributed by atoms with Crippen LogP contribution >= 0.6 is 11.6 Å². The van der Waals surface area contributed by atoms with Crippen molar-refractivity contribution in [2.45, 2.75) is 57.1 Å². The van der Waals surface area contributed by atoms with Crippen molar-refractivity contribution in [3.05, 3.63) is 28.8 Å². The van der Waals surface area contributed by atoms with E-state index >= 15 is 0 Å². The fourth-order valence-corrected chi connectivity index (χ4v) is 3.94. The predicted molar refractivity (Wildman–Crippen MR) is 102 cm³/mol. The van der Waals surface area contributed by atoms with Crippen LogP contribution in [0.4, 0.5) is 0 Å². The number of nitrogens with two attached hydrogens (primary N) is 1. The van der Waals surface area contributed by atoms with Gasteiger partial charge in [-0.3, -0.25) is 4.79 Å². The molecule has 4 atom stereocenters. The summed E-state index contributed by atoms with van der Waals surface area (Å²) >= 11 is 5.96. The first-order valence-corrected chi connectivity index (χ1v) is 10.8. The number of esters is 1. The highest BCUT2D eigenvalue weighted by Gasteiger charge is 2.30. The lowest BCUT2D eigenvalue weighted by molar-refractivity contribution is -0.130. The summed E-state index contributed by atoms with van der Waals surface area (Å²) in [5.41, 5.74) is -0.164. The topological polar surface area (TPSA) is 116 Å². The number of carbonyl (C=O) groups is 2. The second-order valence-corrected chi connectivity index (χ2v) is 9.09. The molecule has 0 spiro atoms. The number of ether oxygens (including phenoxy) is 1. The highest BCUT2D eigenvalue weighted by atomic mass is 35.5. The zero-order valence-corrected chi connectivity index (χ0v) is 17.1. The number of halogens is 1. The van der Waals surface area contributed by atoms with Gasteiger partial charge in [0.25, 0.3) is 5.91 Å². The first-order valence-electron chi connectivity index (χ1n) is 8.84. The molecule has 0 saturated heterocycles. The zero-order valence-electron chi connectivity index (χ0n) is 15.6. The van der Waals surface area contributed by atoms with Crippen molar-refractivity contribution in [3.63, 3.8) is 0 Å². The Bertz CT molecular complexity index is 827. The average Bonchev–Trinajstić information content (AvgIpc) is 2.58. The summed E-state index contributed by atoms with van der Waals surface area (Å²) < 4.78 is 28.1. The predicted octanol–water partition coefficient (Wildman–Crippen LogP) is 2.47. The Morgan fingerprint density at radius 2 is 1.96 bits per heavy atom. The second kappa shape index (κ2) is 8.58. The minimum Gasteiger partial charge on any atom is -0.449 e. The van der Waals surface area contributed by atoms with Gasteiger partial charge in [-0.2, -0.15) is 0 Å². The van der Waals surface area contributed by atoms with Crippen molar-refractivity contribution in [3.8, 4) is 0 Å². The fourth-order valence-electron chi connectivity index (χ4n) is 3.20. The molecule has 1 saturated carbocycles. The van der Waals surface area contributed by atoms with Gasteiger partial charge in [0.15, 0.2) is 6.10 Å². The third-order valence-electron chi connectivity index (χ3n) is 5.17. The number of amides is 1. The van der Waals surface area contributed by atoms with Gasteiger partial charge in [-0.15, -0.1) is 0 Å². The van der Waals surface area contributed by atoms with E-state index in [0.717, 1.165) is 25.3 Å². The number of nitrogens with one attached hydrogen (secondary N) is 1. The fraction of sp³-hybridized carbons (Fsp3) is 0.556. The maximum Gasteiger partial charge on any atom is 0.340 e. The number of hydrogen-bond acceptors (Lipinski definition) is 5. The Kier molecular flexibility index (Phi) is 6.88. The van der Waals surface area contributed by atoms with Gasteiger partial charge < -0.3 is 10.1 Å². The van der Waals surface area contributed by atoms with Gasteiger partial charge in [-0.1, -0.05) is 38.3 Å². The van der Waals surface area contributed by atoms with Crippen LogP contribution in [-0.2, 0) is 19.6 Å². The molecule has 1 aromatic carbocycles. The van der Waals surface area contributed by atoms with E-state index in [1.807, 2.05) is 0 Å². The van der Waals surface area contributed by atoms with E-state index in [0.29, 0.717) is 11.8 Å². The van der Waals surface area contributed by atoms with Crippen molar-refractivity contribution in [2.24, 2.45) is 17.0 Å². The molecule has 0 unspecified atom stereocenters. The standard InChI is InChI=1S/C18H25ClN2O5S/c1-10-5-4-6-16(11(10)2)21-17(22)12(3)26-18(23)14-9-13(27(20,24)25)7-8-15(14)19/h7-12,16H,4-6H2,1-3H3,(H,21,22)(H2,20,24,25)/t10-,11+,12+,16+/m0/s1. The molecule has 150 valence electrons. The van der Waals surface area contributed by atoms with E-state index < -0.39 is 28.0 Å². The minimum atomic E-state index is -4.00. The van der Waals surface area contributed by atoms with Crippen molar-refractivity contribution < 1.29 is 22.7 Å². The molecule has 7 nitrogen and oxygen atoms in total. The van der Waals surface area contributed by atoms with E-state index in [2.05, 4.69) is 19.2 Å². The molecule has 0 aliphatic heterocycles. The Morgan fingerprint density at radius 1 is 1.30 bits per heavy atom. The molecule has 27 heavy (non-hydrogen) atoms. The quantitative estimate of drug-likeness (QED) is 0.715. The number of hydrogen-bond donors (Lipinski definition) is 2. The smallest absolute Gasteiger partial charge is 0.340 e. The Morgan fingerprint density at radius 3 is 2.59 bits per heavy atom. The van der Waals surface area contributed by atoms with Crippen LogP contribution in [0.1, 0.15) is 50.4 Å². The van der Waals surface area contributed by atoms with Crippen molar-refractivity contribution in [1.82, 2.24) is 5.32 Å². The molecule has 1 fully saturated rings. The van der Waals surface area contributed by atoms with Gasteiger partial charge in [0, 0.05) is 6.04 Å². The first kappa shape index (κ1) is 21.7. The van der Waals surface area contributed by atoms with E-state index in [1.54, 1.807) is 0 Å². The van der Waals surface area contributed by atoms with Crippen LogP contribution in [0.3, 0.4) is 0 Å².